The molecule has 0 bridgehead atoms. The summed E-state index contributed by atoms with van der Waals surface area (Å²) >= 11 is 1.30. The van der Waals surface area contributed by atoms with Crippen molar-refractivity contribution < 1.29 is 19.1 Å². The Morgan fingerprint density at radius 2 is 1.83 bits per heavy atom. The monoisotopic (exact) mass is 486 g/mol. The Hall–Kier alpha value is -3.84. The van der Waals surface area contributed by atoms with E-state index in [0.717, 1.165) is 11.1 Å². The number of thioether (sulfide) groups is 1. The minimum absolute atomic E-state index is 0.134. The van der Waals surface area contributed by atoms with Crippen molar-refractivity contribution in [3.8, 4) is 5.75 Å². The first-order valence-electron chi connectivity index (χ1n) is 11.3. The van der Waals surface area contributed by atoms with E-state index in [9.17, 15) is 9.59 Å². The van der Waals surface area contributed by atoms with Crippen molar-refractivity contribution in [1.82, 2.24) is 4.90 Å². The number of esters is 1. The summed E-state index contributed by atoms with van der Waals surface area (Å²) in [4.78, 5) is 31.4. The fourth-order valence-electron chi connectivity index (χ4n) is 3.48. The van der Waals surface area contributed by atoms with Crippen LogP contribution < -0.4 is 4.74 Å². The van der Waals surface area contributed by atoms with E-state index in [1.165, 1.54) is 22.2 Å². The Labute approximate surface area is 209 Å². The number of hydrogen-bond acceptors (Lipinski definition) is 6. The molecule has 7 heteroatoms. The molecule has 0 saturated carbocycles. The third-order valence-electron chi connectivity index (χ3n) is 5.29. The molecule has 0 unspecified atom stereocenters. The van der Waals surface area contributed by atoms with Crippen LogP contribution in [0, 0.1) is 6.92 Å². The maximum atomic E-state index is 12.9. The van der Waals surface area contributed by atoms with Crippen LogP contribution in [0.2, 0.25) is 0 Å². The maximum Gasteiger partial charge on any atom is 0.338 e. The van der Waals surface area contributed by atoms with Crippen molar-refractivity contribution in [2.24, 2.45) is 4.99 Å². The van der Waals surface area contributed by atoms with E-state index in [1.54, 1.807) is 38.2 Å². The molecule has 178 valence electrons. The van der Waals surface area contributed by atoms with Gasteiger partial charge in [0.2, 0.25) is 0 Å². The maximum absolute atomic E-state index is 12.9. The lowest BCUT2D eigenvalue weighted by Crippen LogP contribution is -2.23. The largest absolute Gasteiger partial charge is 0.488 e. The van der Waals surface area contributed by atoms with Gasteiger partial charge in [0, 0.05) is 12.6 Å². The van der Waals surface area contributed by atoms with Gasteiger partial charge in [-0.2, -0.15) is 0 Å². The van der Waals surface area contributed by atoms with Crippen LogP contribution in [0.1, 0.15) is 34.0 Å². The number of aryl methyl sites for hydroxylation is 1. The second kappa shape index (κ2) is 11.1. The summed E-state index contributed by atoms with van der Waals surface area (Å²) < 4.78 is 11.1. The normalized spacial score (nSPS) is 15.6. The van der Waals surface area contributed by atoms with E-state index < -0.39 is 0 Å². The summed E-state index contributed by atoms with van der Waals surface area (Å²) in [5, 5.41) is 0.559. The Morgan fingerprint density at radius 3 is 2.57 bits per heavy atom. The Kier molecular flexibility index (Phi) is 7.67. The number of amides is 1. The van der Waals surface area contributed by atoms with Crippen LogP contribution in [0.4, 0.5) is 5.69 Å². The molecular weight excluding hydrogens is 460 g/mol. The van der Waals surface area contributed by atoms with Crippen LogP contribution in [0.5, 0.6) is 5.75 Å². The number of rotatable bonds is 7. The highest BCUT2D eigenvalue weighted by molar-refractivity contribution is 8.18. The van der Waals surface area contributed by atoms with E-state index in [0.29, 0.717) is 40.3 Å². The highest BCUT2D eigenvalue weighted by atomic mass is 32.2. The van der Waals surface area contributed by atoms with E-state index in [1.807, 2.05) is 42.5 Å². The summed E-state index contributed by atoms with van der Waals surface area (Å²) in [6, 6.07) is 22.6. The number of nitrogens with zero attached hydrogens (tertiary/aromatic N) is 2. The van der Waals surface area contributed by atoms with Crippen molar-refractivity contribution in [2.75, 3.05) is 13.7 Å². The Bertz CT molecular complexity index is 1300. The van der Waals surface area contributed by atoms with Gasteiger partial charge in [-0.15, -0.1) is 0 Å². The Morgan fingerprint density at radius 1 is 1.06 bits per heavy atom. The van der Waals surface area contributed by atoms with E-state index >= 15 is 0 Å². The van der Waals surface area contributed by atoms with Gasteiger partial charge in [0.1, 0.15) is 12.4 Å². The topological polar surface area (TPSA) is 68.2 Å². The zero-order valence-corrected chi connectivity index (χ0v) is 20.7. The van der Waals surface area contributed by atoms with Crippen LogP contribution in [-0.4, -0.2) is 35.6 Å². The summed E-state index contributed by atoms with van der Waals surface area (Å²) in [5.41, 5.74) is 4.19. The smallest absolute Gasteiger partial charge is 0.338 e. The summed E-state index contributed by atoms with van der Waals surface area (Å²) in [6.45, 7) is 4.58. The van der Waals surface area contributed by atoms with Crippen molar-refractivity contribution in [3.63, 3.8) is 0 Å². The summed E-state index contributed by atoms with van der Waals surface area (Å²) in [5.74, 6) is 0.200. The molecule has 0 spiro atoms. The standard InChI is InChI=1S/C28H26N2O4S/c1-4-33-27(32)21-12-14-23(15-13-21)29-28-30(3)26(31)25(35-28)17-22-10-5-6-11-24(22)34-18-20-9-7-8-19(2)16-20/h5-17H,4,18H2,1-3H3/b25-17-,29-28?. The van der Waals surface area contributed by atoms with Gasteiger partial charge in [-0.25, -0.2) is 9.79 Å². The lowest BCUT2D eigenvalue weighted by Gasteiger charge is -2.10. The number of benzene rings is 3. The Balaban J connectivity index is 1.51. The lowest BCUT2D eigenvalue weighted by molar-refractivity contribution is -0.121. The molecule has 6 nitrogen and oxygen atoms in total. The van der Waals surface area contributed by atoms with Crippen LogP contribution in [-0.2, 0) is 16.1 Å². The molecule has 4 rings (SSSR count). The molecule has 1 aliphatic heterocycles. The molecule has 0 aliphatic carbocycles. The molecule has 1 fully saturated rings. The van der Waals surface area contributed by atoms with Gasteiger partial charge in [-0.3, -0.25) is 9.69 Å². The highest BCUT2D eigenvalue weighted by Gasteiger charge is 2.30. The fourth-order valence-corrected chi connectivity index (χ4v) is 4.46. The molecule has 35 heavy (non-hydrogen) atoms. The van der Waals surface area contributed by atoms with Gasteiger partial charge in [-0.1, -0.05) is 48.0 Å². The van der Waals surface area contributed by atoms with Crippen molar-refractivity contribution in [2.45, 2.75) is 20.5 Å². The first-order valence-corrected chi connectivity index (χ1v) is 12.1. The van der Waals surface area contributed by atoms with Crippen molar-refractivity contribution in [3.05, 3.63) is 100.0 Å². The first kappa shape index (κ1) is 24.3. The second-order valence-corrected chi connectivity index (χ2v) is 8.96. The zero-order chi connectivity index (χ0) is 24.8. The molecule has 0 radical (unpaired) electrons. The number of aliphatic imine (C=N–C) groups is 1. The number of likely N-dealkylation sites (N-methyl/N-ethyl adjacent to an activating group) is 1. The van der Waals surface area contributed by atoms with Crippen molar-refractivity contribution in [1.29, 1.82) is 0 Å². The SMILES string of the molecule is CCOC(=O)c1ccc(N=C2S/C(=C\c3ccccc3OCc3cccc(C)c3)C(=O)N2C)cc1. The minimum atomic E-state index is -0.372. The van der Waals surface area contributed by atoms with Gasteiger partial charge in [0.05, 0.1) is 22.8 Å². The number of carbonyl (C=O) groups excluding carboxylic acids is 2. The molecule has 1 aliphatic rings. The van der Waals surface area contributed by atoms with Crippen LogP contribution in [0.15, 0.2) is 82.7 Å². The van der Waals surface area contributed by atoms with Gasteiger partial charge < -0.3 is 9.47 Å². The van der Waals surface area contributed by atoms with Gasteiger partial charge in [-0.05, 0) is 67.6 Å². The van der Waals surface area contributed by atoms with Crippen molar-refractivity contribution >= 4 is 40.6 Å². The third-order valence-corrected chi connectivity index (χ3v) is 6.35. The molecule has 0 N–H and O–H groups in total. The van der Waals surface area contributed by atoms with E-state index in [-0.39, 0.29) is 11.9 Å². The van der Waals surface area contributed by atoms with Crippen LogP contribution in [0.25, 0.3) is 6.08 Å². The van der Waals surface area contributed by atoms with E-state index in [4.69, 9.17) is 9.47 Å². The molecule has 3 aromatic carbocycles. The van der Waals surface area contributed by atoms with Crippen LogP contribution in [0.3, 0.4) is 0 Å². The number of ether oxygens (including phenoxy) is 2. The van der Waals surface area contributed by atoms with Crippen LogP contribution >= 0.6 is 11.8 Å². The highest BCUT2D eigenvalue weighted by Crippen LogP contribution is 2.35. The zero-order valence-electron chi connectivity index (χ0n) is 19.9. The average Bonchev–Trinajstić information content (AvgIpc) is 3.12. The predicted molar refractivity (Wildman–Crippen MR) is 140 cm³/mol. The summed E-state index contributed by atoms with van der Waals surface area (Å²) in [7, 11) is 1.70. The molecule has 3 aromatic rings. The second-order valence-electron chi connectivity index (χ2n) is 7.95. The van der Waals surface area contributed by atoms with E-state index in [2.05, 4.69) is 24.0 Å². The molecule has 1 amide bonds. The lowest BCUT2D eigenvalue weighted by atomic mass is 10.1. The number of hydrogen-bond donors (Lipinski definition) is 0. The number of amidine groups is 1. The first-order chi connectivity index (χ1) is 16.9. The van der Waals surface area contributed by atoms with Gasteiger partial charge >= 0.3 is 5.97 Å². The minimum Gasteiger partial charge on any atom is -0.488 e. The average molecular weight is 487 g/mol. The van der Waals surface area contributed by atoms with Gasteiger partial charge in [0.15, 0.2) is 5.17 Å². The summed E-state index contributed by atoms with van der Waals surface area (Å²) in [6.07, 6.45) is 1.83. The number of carbonyl (C=O) groups is 2. The van der Waals surface area contributed by atoms with Gasteiger partial charge in [0.25, 0.3) is 5.91 Å². The molecule has 1 heterocycles. The quantitative estimate of drug-likeness (QED) is 0.303. The molecule has 0 atom stereocenters. The molecule has 1 saturated heterocycles. The number of para-hydroxylation sites is 1. The predicted octanol–water partition coefficient (Wildman–Crippen LogP) is 5.98. The molecule has 0 aromatic heterocycles. The fraction of sp³-hybridized carbons (Fsp3) is 0.179. The third kappa shape index (κ3) is 6.00. The molecular formula is C28H26N2O4S.